The maximum Gasteiger partial charge on any atom is 0.338 e. The molecule has 0 amide bonds. The number of ether oxygens (including phenoxy) is 2. The molecule has 1 aliphatic heterocycles. The van der Waals surface area contributed by atoms with Crippen LogP contribution < -0.4 is 14.9 Å². The van der Waals surface area contributed by atoms with Crippen LogP contribution in [0.5, 0.6) is 0 Å². The zero-order valence-corrected chi connectivity index (χ0v) is 20.1. The van der Waals surface area contributed by atoms with Gasteiger partial charge in [-0.05, 0) is 50.1 Å². The molecule has 34 heavy (non-hydrogen) atoms. The van der Waals surface area contributed by atoms with Crippen molar-refractivity contribution in [3.63, 3.8) is 0 Å². The van der Waals surface area contributed by atoms with E-state index in [2.05, 4.69) is 4.99 Å². The predicted molar refractivity (Wildman–Crippen MR) is 129 cm³/mol. The summed E-state index contributed by atoms with van der Waals surface area (Å²) in [5, 5.41) is 0. The first kappa shape index (κ1) is 23.4. The molecule has 1 atom stereocenters. The van der Waals surface area contributed by atoms with Crippen molar-refractivity contribution in [3.8, 4) is 0 Å². The van der Waals surface area contributed by atoms with E-state index in [9.17, 15) is 14.4 Å². The number of benzene rings is 2. The van der Waals surface area contributed by atoms with Crippen LogP contribution in [0, 0.1) is 6.92 Å². The van der Waals surface area contributed by atoms with Gasteiger partial charge in [-0.25, -0.2) is 14.6 Å². The SMILES string of the molecule is CCOC(=O)C1=C(C)N=c2sc(=Cc3ccc(C)cc3)c(=O)n2C1c1ccc(C(=O)OC)cc1. The lowest BCUT2D eigenvalue weighted by Gasteiger charge is -2.24. The number of hydrogen-bond donors (Lipinski definition) is 0. The predicted octanol–water partition coefficient (Wildman–Crippen LogP) is 2.89. The lowest BCUT2D eigenvalue weighted by atomic mass is 9.95. The fourth-order valence-electron chi connectivity index (χ4n) is 3.84. The van der Waals surface area contributed by atoms with Gasteiger partial charge in [0.25, 0.3) is 5.56 Å². The fraction of sp³-hybridized carbons (Fsp3) is 0.231. The standard InChI is InChI=1S/C26H24N2O5S/c1-5-33-25(31)21-16(3)27-26-28(22(21)18-10-12-19(13-11-18)24(30)32-4)23(29)20(34-26)14-17-8-6-15(2)7-9-17/h6-14,22H,5H2,1-4H3. The minimum absolute atomic E-state index is 0.196. The van der Waals surface area contributed by atoms with Crippen LogP contribution in [0.25, 0.3) is 6.08 Å². The minimum Gasteiger partial charge on any atom is -0.465 e. The van der Waals surface area contributed by atoms with Gasteiger partial charge < -0.3 is 9.47 Å². The van der Waals surface area contributed by atoms with E-state index < -0.39 is 18.0 Å². The zero-order chi connectivity index (χ0) is 24.4. The Morgan fingerprint density at radius 1 is 1.06 bits per heavy atom. The molecule has 1 aliphatic rings. The Morgan fingerprint density at radius 3 is 2.35 bits per heavy atom. The molecule has 0 N–H and O–H groups in total. The molecule has 0 saturated carbocycles. The Kier molecular flexibility index (Phi) is 6.61. The normalized spacial score (nSPS) is 15.5. The summed E-state index contributed by atoms with van der Waals surface area (Å²) in [6.07, 6.45) is 1.82. The van der Waals surface area contributed by atoms with Gasteiger partial charge in [-0.1, -0.05) is 53.3 Å². The van der Waals surface area contributed by atoms with Crippen molar-refractivity contribution >= 4 is 29.4 Å². The zero-order valence-electron chi connectivity index (χ0n) is 19.3. The summed E-state index contributed by atoms with van der Waals surface area (Å²) in [5.41, 5.74) is 3.59. The quantitative estimate of drug-likeness (QED) is 0.529. The first-order valence-electron chi connectivity index (χ1n) is 10.8. The monoisotopic (exact) mass is 476 g/mol. The number of carbonyl (C=O) groups is 2. The summed E-state index contributed by atoms with van der Waals surface area (Å²) >= 11 is 1.27. The molecule has 0 bridgehead atoms. The molecule has 174 valence electrons. The number of methoxy groups -OCH3 is 1. The highest BCUT2D eigenvalue weighted by molar-refractivity contribution is 7.07. The number of esters is 2. The second-order valence-electron chi connectivity index (χ2n) is 7.83. The van der Waals surface area contributed by atoms with Gasteiger partial charge in [0, 0.05) is 0 Å². The van der Waals surface area contributed by atoms with Gasteiger partial charge in [0.15, 0.2) is 4.80 Å². The van der Waals surface area contributed by atoms with Crippen molar-refractivity contribution in [3.05, 3.63) is 102 Å². The van der Waals surface area contributed by atoms with Crippen LogP contribution in [0.1, 0.15) is 46.9 Å². The second-order valence-corrected chi connectivity index (χ2v) is 8.84. The number of carbonyl (C=O) groups excluding carboxylic acids is 2. The Balaban J connectivity index is 1.91. The molecular weight excluding hydrogens is 452 g/mol. The summed E-state index contributed by atoms with van der Waals surface area (Å²) in [6.45, 7) is 5.66. The van der Waals surface area contributed by atoms with E-state index in [4.69, 9.17) is 9.47 Å². The second kappa shape index (κ2) is 9.61. The number of hydrogen-bond acceptors (Lipinski definition) is 7. The van der Waals surface area contributed by atoms with Crippen LogP contribution in [-0.2, 0) is 14.3 Å². The third kappa shape index (κ3) is 4.36. The number of nitrogens with zero attached hydrogens (tertiary/aromatic N) is 2. The molecule has 4 rings (SSSR count). The van der Waals surface area contributed by atoms with Gasteiger partial charge in [-0.3, -0.25) is 9.36 Å². The number of fused-ring (bicyclic) bond motifs is 1. The van der Waals surface area contributed by atoms with E-state index in [1.807, 2.05) is 37.3 Å². The Labute approximate surface area is 200 Å². The molecule has 1 unspecified atom stereocenters. The van der Waals surface area contributed by atoms with E-state index in [0.29, 0.717) is 31.7 Å². The average Bonchev–Trinajstić information content (AvgIpc) is 3.13. The van der Waals surface area contributed by atoms with Crippen molar-refractivity contribution in [2.75, 3.05) is 13.7 Å². The van der Waals surface area contributed by atoms with Crippen molar-refractivity contribution in [2.45, 2.75) is 26.8 Å². The number of thiazole rings is 1. The van der Waals surface area contributed by atoms with E-state index in [-0.39, 0.29) is 12.2 Å². The topological polar surface area (TPSA) is 87.0 Å². The molecule has 0 fully saturated rings. The Morgan fingerprint density at radius 2 is 1.74 bits per heavy atom. The minimum atomic E-state index is -0.734. The van der Waals surface area contributed by atoms with Crippen molar-refractivity contribution in [2.24, 2.45) is 4.99 Å². The van der Waals surface area contributed by atoms with Gasteiger partial charge in [-0.2, -0.15) is 0 Å². The summed E-state index contributed by atoms with van der Waals surface area (Å²) < 4.78 is 12.1. The third-order valence-electron chi connectivity index (χ3n) is 5.54. The van der Waals surface area contributed by atoms with E-state index >= 15 is 0 Å². The molecule has 7 nitrogen and oxygen atoms in total. The third-order valence-corrected chi connectivity index (χ3v) is 6.52. The van der Waals surface area contributed by atoms with Crippen LogP contribution in [-0.4, -0.2) is 30.2 Å². The van der Waals surface area contributed by atoms with Gasteiger partial charge in [-0.15, -0.1) is 0 Å². The van der Waals surface area contributed by atoms with Crippen molar-refractivity contribution in [1.82, 2.24) is 4.57 Å². The maximum absolute atomic E-state index is 13.6. The Hall–Kier alpha value is -3.78. The molecule has 2 aromatic carbocycles. The molecule has 0 radical (unpaired) electrons. The van der Waals surface area contributed by atoms with Crippen LogP contribution in [0.2, 0.25) is 0 Å². The molecule has 0 aliphatic carbocycles. The highest BCUT2D eigenvalue weighted by atomic mass is 32.1. The van der Waals surface area contributed by atoms with Crippen LogP contribution >= 0.6 is 11.3 Å². The largest absolute Gasteiger partial charge is 0.465 e. The number of allylic oxidation sites excluding steroid dienone is 1. The van der Waals surface area contributed by atoms with Gasteiger partial charge in [0.2, 0.25) is 0 Å². The number of aryl methyl sites for hydroxylation is 1. The van der Waals surface area contributed by atoms with Crippen molar-refractivity contribution < 1.29 is 19.1 Å². The van der Waals surface area contributed by atoms with E-state index in [0.717, 1.165) is 11.1 Å². The fourth-order valence-corrected chi connectivity index (χ4v) is 4.89. The lowest BCUT2D eigenvalue weighted by molar-refractivity contribution is -0.139. The summed E-state index contributed by atoms with van der Waals surface area (Å²) in [4.78, 5) is 43.4. The number of aromatic nitrogens is 1. The van der Waals surface area contributed by atoms with Crippen LogP contribution in [0.4, 0.5) is 0 Å². The lowest BCUT2D eigenvalue weighted by Crippen LogP contribution is -2.40. The van der Waals surface area contributed by atoms with Crippen LogP contribution in [0.15, 0.2) is 69.6 Å². The van der Waals surface area contributed by atoms with E-state index in [1.54, 1.807) is 38.1 Å². The van der Waals surface area contributed by atoms with Crippen molar-refractivity contribution in [1.29, 1.82) is 0 Å². The molecule has 2 heterocycles. The Bertz CT molecular complexity index is 1460. The van der Waals surface area contributed by atoms with Gasteiger partial charge in [0.1, 0.15) is 0 Å². The highest BCUT2D eigenvalue weighted by Crippen LogP contribution is 2.31. The summed E-state index contributed by atoms with van der Waals surface area (Å²) in [6, 6.07) is 13.8. The first-order valence-corrected chi connectivity index (χ1v) is 11.6. The van der Waals surface area contributed by atoms with Crippen LogP contribution in [0.3, 0.4) is 0 Å². The summed E-state index contributed by atoms with van der Waals surface area (Å²) in [7, 11) is 1.31. The number of rotatable bonds is 5. The highest BCUT2D eigenvalue weighted by Gasteiger charge is 2.33. The smallest absolute Gasteiger partial charge is 0.338 e. The first-order chi connectivity index (χ1) is 16.3. The molecule has 0 spiro atoms. The average molecular weight is 477 g/mol. The maximum atomic E-state index is 13.6. The summed E-state index contributed by atoms with van der Waals surface area (Å²) in [5.74, 6) is -0.996. The van der Waals surface area contributed by atoms with Gasteiger partial charge >= 0.3 is 11.9 Å². The molecule has 3 aromatic rings. The molecule has 0 saturated heterocycles. The molecular formula is C26H24N2O5S. The van der Waals surface area contributed by atoms with Gasteiger partial charge in [0.05, 0.1) is 41.1 Å². The molecule has 8 heteroatoms. The molecule has 1 aromatic heterocycles. The van der Waals surface area contributed by atoms with E-state index in [1.165, 1.54) is 23.0 Å².